The Morgan fingerprint density at radius 3 is 2.66 bits per heavy atom. The number of hydrogen-bond acceptors (Lipinski definition) is 3. The number of rotatable bonds is 5. The molecule has 1 aromatic rings. The van der Waals surface area contributed by atoms with E-state index in [0.717, 1.165) is 50.7 Å². The fourth-order valence-electron chi connectivity index (χ4n) is 5.60. The Kier molecular flexibility index (Phi) is 5.95. The highest BCUT2D eigenvalue weighted by Crippen LogP contribution is 2.49. The lowest BCUT2D eigenvalue weighted by Crippen LogP contribution is -2.63. The molecule has 2 fully saturated rings. The monoisotopic (exact) mass is 398 g/mol. The van der Waals surface area contributed by atoms with Gasteiger partial charge in [0.15, 0.2) is 0 Å². The molecule has 3 aliphatic rings. The molecule has 0 radical (unpaired) electrons. The standard InChI is InChI=1S/C24H34N2O3/c1-17(2)16-26-23(28)20-11-5-4-10-19(20)21(24(26)12-6-3-7-13-24)22(27)25-15-18-9-8-14-29-18/h4-5,10-11,17-18,21H,3,6-9,12-16H2,1-2H3,(H,25,27)/t18-,21-/m0/s1. The smallest absolute Gasteiger partial charge is 0.254 e. The van der Waals surface area contributed by atoms with Gasteiger partial charge in [0.05, 0.1) is 17.6 Å². The Morgan fingerprint density at radius 1 is 1.21 bits per heavy atom. The Morgan fingerprint density at radius 2 is 1.97 bits per heavy atom. The van der Waals surface area contributed by atoms with Gasteiger partial charge in [0, 0.05) is 25.3 Å². The molecular formula is C24H34N2O3. The van der Waals surface area contributed by atoms with Crippen molar-refractivity contribution in [3.63, 3.8) is 0 Å². The number of carbonyl (C=O) groups excluding carboxylic acids is 2. The third-order valence-corrected chi connectivity index (χ3v) is 6.88. The van der Waals surface area contributed by atoms with E-state index >= 15 is 0 Å². The van der Waals surface area contributed by atoms with E-state index in [0.29, 0.717) is 24.6 Å². The quantitative estimate of drug-likeness (QED) is 0.819. The summed E-state index contributed by atoms with van der Waals surface area (Å²) < 4.78 is 5.71. The average molecular weight is 399 g/mol. The molecule has 0 aromatic heterocycles. The zero-order chi connectivity index (χ0) is 20.4. The first-order valence-corrected chi connectivity index (χ1v) is 11.3. The summed E-state index contributed by atoms with van der Waals surface area (Å²) in [7, 11) is 0. The van der Waals surface area contributed by atoms with Crippen LogP contribution >= 0.6 is 0 Å². The number of nitrogens with one attached hydrogen (secondary N) is 1. The second-order valence-corrected chi connectivity index (χ2v) is 9.37. The summed E-state index contributed by atoms with van der Waals surface area (Å²) >= 11 is 0. The van der Waals surface area contributed by atoms with Crippen LogP contribution in [0, 0.1) is 5.92 Å². The van der Waals surface area contributed by atoms with E-state index in [4.69, 9.17) is 4.74 Å². The molecule has 1 saturated heterocycles. The van der Waals surface area contributed by atoms with Gasteiger partial charge in [-0.15, -0.1) is 0 Å². The molecule has 158 valence electrons. The second-order valence-electron chi connectivity index (χ2n) is 9.37. The first kappa shape index (κ1) is 20.4. The molecule has 1 aliphatic carbocycles. The molecule has 1 aromatic carbocycles. The largest absolute Gasteiger partial charge is 0.376 e. The predicted molar refractivity (Wildman–Crippen MR) is 113 cm³/mol. The highest BCUT2D eigenvalue weighted by Gasteiger charge is 2.54. The number of carbonyl (C=O) groups is 2. The fourth-order valence-corrected chi connectivity index (χ4v) is 5.60. The number of amides is 2. The lowest BCUT2D eigenvalue weighted by atomic mass is 9.65. The minimum Gasteiger partial charge on any atom is -0.376 e. The van der Waals surface area contributed by atoms with Crippen LogP contribution in [0.5, 0.6) is 0 Å². The van der Waals surface area contributed by atoms with Crippen molar-refractivity contribution in [3.05, 3.63) is 35.4 Å². The van der Waals surface area contributed by atoms with Crippen LogP contribution in [0.15, 0.2) is 24.3 Å². The van der Waals surface area contributed by atoms with Crippen LogP contribution < -0.4 is 5.32 Å². The van der Waals surface area contributed by atoms with E-state index in [9.17, 15) is 9.59 Å². The van der Waals surface area contributed by atoms with Gasteiger partial charge in [0.2, 0.25) is 5.91 Å². The van der Waals surface area contributed by atoms with E-state index in [1.165, 1.54) is 6.42 Å². The van der Waals surface area contributed by atoms with Gasteiger partial charge in [-0.2, -0.15) is 0 Å². The summed E-state index contributed by atoms with van der Waals surface area (Å²) in [5.74, 6) is 0.200. The zero-order valence-electron chi connectivity index (χ0n) is 17.8. The molecule has 2 amide bonds. The Labute approximate surface area is 174 Å². The van der Waals surface area contributed by atoms with Crippen LogP contribution in [0.2, 0.25) is 0 Å². The Balaban J connectivity index is 1.72. The SMILES string of the molecule is CC(C)CN1C(=O)c2ccccc2[C@@H](C(=O)NC[C@@H]2CCCO2)C12CCCCC2. The lowest BCUT2D eigenvalue weighted by Gasteiger charge is -2.54. The van der Waals surface area contributed by atoms with Crippen LogP contribution in [0.25, 0.3) is 0 Å². The van der Waals surface area contributed by atoms with Crippen molar-refractivity contribution in [2.24, 2.45) is 5.92 Å². The maximum absolute atomic E-state index is 13.6. The van der Waals surface area contributed by atoms with E-state index in [1.54, 1.807) is 0 Å². The lowest BCUT2D eigenvalue weighted by molar-refractivity contribution is -0.128. The van der Waals surface area contributed by atoms with Crippen molar-refractivity contribution in [2.45, 2.75) is 76.4 Å². The number of ether oxygens (including phenoxy) is 1. The van der Waals surface area contributed by atoms with Crippen LogP contribution in [0.1, 0.15) is 80.6 Å². The third kappa shape index (κ3) is 3.81. The fraction of sp³-hybridized carbons (Fsp3) is 0.667. The van der Waals surface area contributed by atoms with Gasteiger partial charge >= 0.3 is 0 Å². The summed E-state index contributed by atoms with van der Waals surface area (Å²) in [4.78, 5) is 29.2. The summed E-state index contributed by atoms with van der Waals surface area (Å²) in [6.07, 6.45) is 7.30. The van der Waals surface area contributed by atoms with Crippen molar-refractivity contribution in [3.8, 4) is 0 Å². The van der Waals surface area contributed by atoms with Crippen molar-refractivity contribution >= 4 is 11.8 Å². The maximum Gasteiger partial charge on any atom is 0.254 e. The molecule has 1 spiro atoms. The molecule has 1 saturated carbocycles. The highest BCUT2D eigenvalue weighted by atomic mass is 16.5. The van der Waals surface area contributed by atoms with E-state index < -0.39 is 5.54 Å². The van der Waals surface area contributed by atoms with Crippen molar-refractivity contribution < 1.29 is 14.3 Å². The zero-order valence-corrected chi connectivity index (χ0v) is 17.8. The summed E-state index contributed by atoms with van der Waals surface area (Å²) in [6, 6.07) is 7.75. The normalized spacial score (nSPS) is 26.0. The van der Waals surface area contributed by atoms with Crippen molar-refractivity contribution in [1.82, 2.24) is 10.2 Å². The first-order valence-electron chi connectivity index (χ1n) is 11.3. The van der Waals surface area contributed by atoms with Gasteiger partial charge < -0.3 is 15.0 Å². The molecule has 5 nitrogen and oxygen atoms in total. The minimum absolute atomic E-state index is 0.0520. The summed E-state index contributed by atoms with van der Waals surface area (Å²) in [5, 5.41) is 3.19. The number of fused-ring (bicyclic) bond motifs is 1. The molecule has 1 N–H and O–H groups in total. The number of hydrogen-bond donors (Lipinski definition) is 1. The number of benzene rings is 1. The molecule has 0 bridgehead atoms. The summed E-state index contributed by atoms with van der Waals surface area (Å²) in [5.41, 5.74) is 1.19. The van der Waals surface area contributed by atoms with Crippen LogP contribution in [-0.4, -0.2) is 48.1 Å². The average Bonchev–Trinajstić information content (AvgIpc) is 3.24. The van der Waals surface area contributed by atoms with E-state index in [2.05, 4.69) is 24.1 Å². The topological polar surface area (TPSA) is 58.6 Å². The molecule has 5 heteroatoms. The van der Waals surface area contributed by atoms with Crippen LogP contribution in [-0.2, 0) is 9.53 Å². The van der Waals surface area contributed by atoms with Gasteiger partial charge in [-0.3, -0.25) is 9.59 Å². The summed E-state index contributed by atoms with van der Waals surface area (Å²) in [6.45, 7) is 6.34. The predicted octanol–water partition coefficient (Wildman–Crippen LogP) is 3.88. The van der Waals surface area contributed by atoms with Crippen LogP contribution in [0.4, 0.5) is 0 Å². The maximum atomic E-state index is 13.6. The molecular weight excluding hydrogens is 364 g/mol. The van der Waals surface area contributed by atoms with E-state index in [1.807, 2.05) is 24.3 Å². The van der Waals surface area contributed by atoms with Crippen molar-refractivity contribution in [2.75, 3.05) is 19.7 Å². The molecule has 4 rings (SSSR count). The minimum atomic E-state index is -0.408. The highest BCUT2D eigenvalue weighted by molar-refractivity contribution is 6.02. The third-order valence-electron chi connectivity index (χ3n) is 6.88. The Hall–Kier alpha value is -1.88. The van der Waals surface area contributed by atoms with Gasteiger partial charge in [0.1, 0.15) is 0 Å². The van der Waals surface area contributed by atoms with Crippen molar-refractivity contribution in [1.29, 1.82) is 0 Å². The molecule has 2 aliphatic heterocycles. The van der Waals surface area contributed by atoms with Gasteiger partial charge in [-0.05, 0) is 43.2 Å². The van der Waals surface area contributed by atoms with Gasteiger partial charge in [-0.25, -0.2) is 0 Å². The van der Waals surface area contributed by atoms with Gasteiger partial charge in [0.25, 0.3) is 5.91 Å². The number of nitrogens with zero attached hydrogens (tertiary/aromatic N) is 1. The first-order chi connectivity index (χ1) is 14.0. The van der Waals surface area contributed by atoms with Crippen LogP contribution in [0.3, 0.4) is 0 Å². The molecule has 2 atom stereocenters. The van der Waals surface area contributed by atoms with Gasteiger partial charge in [-0.1, -0.05) is 51.3 Å². The Bertz CT molecular complexity index is 748. The second kappa shape index (κ2) is 8.47. The molecule has 29 heavy (non-hydrogen) atoms. The molecule has 0 unspecified atom stereocenters. The van der Waals surface area contributed by atoms with E-state index in [-0.39, 0.29) is 23.8 Å². The molecule has 2 heterocycles.